The molecule has 0 aliphatic rings. The number of para-hydroxylation sites is 1. The predicted octanol–water partition coefficient (Wildman–Crippen LogP) is 4.61. The van der Waals surface area contributed by atoms with Crippen LogP contribution >= 0.6 is 11.3 Å². The Morgan fingerprint density at radius 1 is 1.11 bits per heavy atom. The van der Waals surface area contributed by atoms with Gasteiger partial charge in [0.15, 0.2) is 0 Å². The number of fused-ring (bicyclic) bond motifs is 1. The summed E-state index contributed by atoms with van der Waals surface area (Å²) < 4.78 is 14.3. The molecule has 0 saturated heterocycles. The molecule has 0 spiro atoms. The number of anilines is 1. The van der Waals surface area contributed by atoms with Crippen LogP contribution < -0.4 is 5.32 Å². The Morgan fingerprint density at radius 3 is 2.82 bits per heavy atom. The third-order valence-electron chi connectivity index (χ3n) is 4.22. The zero-order valence-corrected chi connectivity index (χ0v) is 15.7. The lowest BCUT2D eigenvalue weighted by atomic mass is 10.1. The third kappa shape index (κ3) is 3.97. The molecule has 0 aliphatic heterocycles. The molecule has 4 rings (SSSR count). The van der Waals surface area contributed by atoms with Crippen molar-refractivity contribution in [1.82, 2.24) is 15.0 Å². The minimum Gasteiger partial charge on any atom is -0.354 e. The monoisotopic (exact) mass is 389 g/mol. The molecular formula is C21H16FN5S. The molecule has 0 amide bonds. The van der Waals surface area contributed by atoms with Crippen LogP contribution in [0.15, 0.2) is 54.7 Å². The van der Waals surface area contributed by atoms with E-state index < -0.39 is 0 Å². The highest BCUT2D eigenvalue weighted by Gasteiger charge is 2.13. The lowest BCUT2D eigenvalue weighted by Gasteiger charge is -2.08. The van der Waals surface area contributed by atoms with Crippen LogP contribution in [0.25, 0.3) is 20.8 Å². The topological polar surface area (TPSA) is 74.5 Å². The van der Waals surface area contributed by atoms with E-state index in [1.54, 1.807) is 23.6 Å². The minimum absolute atomic E-state index is 0.173. The second-order valence-electron chi connectivity index (χ2n) is 6.18. The number of aromatic nitrogens is 3. The molecule has 138 valence electrons. The van der Waals surface area contributed by atoms with Gasteiger partial charge in [0, 0.05) is 12.7 Å². The van der Waals surface area contributed by atoms with Gasteiger partial charge in [-0.25, -0.2) is 19.3 Å². The average Bonchev–Trinajstić information content (AvgIpc) is 3.12. The van der Waals surface area contributed by atoms with Crippen LogP contribution in [0.4, 0.5) is 10.3 Å². The fourth-order valence-electron chi connectivity index (χ4n) is 2.89. The highest BCUT2D eigenvalue weighted by atomic mass is 32.1. The summed E-state index contributed by atoms with van der Waals surface area (Å²) in [5.74, 6) is 0.205. The fourth-order valence-corrected chi connectivity index (χ4v) is 3.89. The second kappa shape index (κ2) is 8.11. The third-order valence-corrected chi connectivity index (χ3v) is 5.29. The maximum atomic E-state index is 13.3. The Balaban J connectivity index is 1.54. The van der Waals surface area contributed by atoms with Gasteiger partial charge in [-0.1, -0.05) is 24.3 Å². The van der Waals surface area contributed by atoms with E-state index in [-0.39, 0.29) is 12.2 Å². The number of thiazole rings is 1. The molecule has 2 aromatic carbocycles. The summed E-state index contributed by atoms with van der Waals surface area (Å²) >= 11 is 1.56. The fraction of sp³-hybridized carbons (Fsp3) is 0.143. The van der Waals surface area contributed by atoms with Crippen molar-refractivity contribution >= 4 is 27.5 Å². The lowest BCUT2D eigenvalue weighted by molar-refractivity contribution is 0.625. The van der Waals surface area contributed by atoms with Crippen LogP contribution in [0, 0.1) is 17.1 Å². The van der Waals surface area contributed by atoms with Crippen molar-refractivity contribution in [2.45, 2.75) is 12.8 Å². The summed E-state index contributed by atoms with van der Waals surface area (Å²) in [4.78, 5) is 13.5. The number of rotatable bonds is 6. The maximum Gasteiger partial charge on any atom is 0.222 e. The Labute approximate surface area is 165 Å². The maximum absolute atomic E-state index is 13.3. The van der Waals surface area contributed by atoms with Gasteiger partial charge >= 0.3 is 0 Å². The molecule has 28 heavy (non-hydrogen) atoms. The summed E-state index contributed by atoms with van der Waals surface area (Å²) in [6.07, 6.45) is 2.53. The average molecular weight is 389 g/mol. The van der Waals surface area contributed by atoms with Crippen molar-refractivity contribution in [1.29, 1.82) is 5.26 Å². The molecule has 7 heteroatoms. The van der Waals surface area contributed by atoms with E-state index in [1.807, 2.05) is 30.3 Å². The first-order chi connectivity index (χ1) is 13.7. The molecule has 0 radical (unpaired) electrons. The molecule has 4 aromatic rings. The molecule has 0 aliphatic carbocycles. The second-order valence-corrected chi connectivity index (χ2v) is 7.21. The van der Waals surface area contributed by atoms with Crippen LogP contribution in [0.2, 0.25) is 0 Å². The first-order valence-corrected chi connectivity index (χ1v) is 9.62. The van der Waals surface area contributed by atoms with Crippen molar-refractivity contribution in [2.24, 2.45) is 0 Å². The summed E-state index contributed by atoms with van der Waals surface area (Å²) in [5, 5.41) is 13.1. The zero-order chi connectivity index (χ0) is 19.3. The quantitative estimate of drug-likeness (QED) is 0.521. The van der Waals surface area contributed by atoms with Gasteiger partial charge in [-0.2, -0.15) is 5.26 Å². The van der Waals surface area contributed by atoms with Gasteiger partial charge in [-0.3, -0.25) is 0 Å². The van der Waals surface area contributed by atoms with E-state index >= 15 is 0 Å². The van der Waals surface area contributed by atoms with Crippen LogP contribution in [0.5, 0.6) is 0 Å². The molecular weight excluding hydrogens is 373 g/mol. The van der Waals surface area contributed by atoms with Gasteiger partial charge in [0.1, 0.15) is 10.8 Å². The van der Waals surface area contributed by atoms with E-state index in [9.17, 15) is 9.65 Å². The van der Waals surface area contributed by atoms with Crippen molar-refractivity contribution in [3.05, 3.63) is 71.8 Å². The van der Waals surface area contributed by atoms with E-state index in [0.29, 0.717) is 24.6 Å². The van der Waals surface area contributed by atoms with E-state index in [4.69, 9.17) is 0 Å². The normalized spacial score (nSPS) is 10.7. The van der Waals surface area contributed by atoms with E-state index in [0.717, 1.165) is 26.4 Å². The number of nitrogens with zero attached hydrogens (tertiary/aromatic N) is 4. The molecule has 2 aromatic heterocycles. The van der Waals surface area contributed by atoms with Gasteiger partial charge in [0.25, 0.3) is 0 Å². The molecule has 2 heterocycles. The zero-order valence-electron chi connectivity index (χ0n) is 14.9. The largest absolute Gasteiger partial charge is 0.354 e. The first kappa shape index (κ1) is 18.0. The van der Waals surface area contributed by atoms with Crippen molar-refractivity contribution in [2.75, 3.05) is 11.9 Å². The van der Waals surface area contributed by atoms with Gasteiger partial charge in [0.2, 0.25) is 5.95 Å². The van der Waals surface area contributed by atoms with Gasteiger partial charge < -0.3 is 5.32 Å². The smallest absolute Gasteiger partial charge is 0.222 e. The molecule has 1 N–H and O–H groups in total. The SMILES string of the molecule is N#CCc1nc(NCCc2cccc(F)c2)ncc1-c1nc2ccccc2s1. The minimum atomic E-state index is -0.245. The summed E-state index contributed by atoms with van der Waals surface area (Å²) in [7, 11) is 0. The van der Waals surface area contributed by atoms with Gasteiger partial charge in [0.05, 0.1) is 34.0 Å². The Morgan fingerprint density at radius 2 is 2.00 bits per heavy atom. The number of benzene rings is 2. The van der Waals surface area contributed by atoms with Crippen molar-refractivity contribution < 1.29 is 4.39 Å². The summed E-state index contributed by atoms with van der Waals surface area (Å²) in [6.45, 7) is 0.565. The van der Waals surface area contributed by atoms with Crippen molar-refractivity contribution in [3.8, 4) is 16.6 Å². The first-order valence-electron chi connectivity index (χ1n) is 8.80. The van der Waals surface area contributed by atoms with Gasteiger partial charge in [-0.15, -0.1) is 11.3 Å². The Kier molecular flexibility index (Phi) is 5.22. The Bertz CT molecular complexity index is 1130. The number of hydrogen-bond acceptors (Lipinski definition) is 6. The number of halogens is 1. The van der Waals surface area contributed by atoms with Crippen LogP contribution in [-0.2, 0) is 12.8 Å². The highest BCUT2D eigenvalue weighted by molar-refractivity contribution is 7.21. The van der Waals surface area contributed by atoms with E-state index in [1.165, 1.54) is 12.1 Å². The lowest BCUT2D eigenvalue weighted by Crippen LogP contribution is -2.09. The highest BCUT2D eigenvalue weighted by Crippen LogP contribution is 2.31. The molecule has 0 unspecified atom stereocenters. The van der Waals surface area contributed by atoms with E-state index in [2.05, 4.69) is 26.3 Å². The summed E-state index contributed by atoms with van der Waals surface area (Å²) in [5.41, 5.74) is 3.24. The van der Waals surface area contributed by atoms with Crippen LogP contribution in [0.3, 0.4) is 0 Å². The summed E-state index contributed by atoms with van der Waals surface area (Å²) in [6, 6.07) is 16.6. The number of nitrogens with one attached hydrogen (secondary N) is 1. The molecule has 0 fully saturated rings. The molecule has 0 saturated carbocycles. The molecule has 0 atom stereocenters. The Hall–Kier alpha value is -3.37. The van der Waals surface area contributed by atoms with Crippen molar-refractivity contribution in [3.63, 3.8) is 0 Å². The van der Waals surface area contributed by atoms with Crippen LogP contribution in [0.1, 0.15) is 11.3 Å². The number of nitriles is 1. The predicted molar refractivity (Wildman–Crippen MR) is 109 cm³/mol. The number of hydrogen-bond donors (Lipinski definition) is 1. The molecule has 0 bridgehead atoms. The van der Waals surface area contributed by atoms with Gasteiger partial charge in [-0.05, 0) is 36.2 Å². The van der Waals surface area contributed by atoms with Crippen LogP contribution in [-0.4, -0.2) is 21.5 Å². The molecule has 5 nitrogen and oxygen atoms in total. The standard InChI is InChI=1S/C21H16FN5S/c22-15-5-3-4-14(12-15)9-11-24-21-25-13-16(17(27-21)8-10-23)20-26-18-6-1-2-7-19(18)28-20/h1-7,12-13H,8-9,11H2,(H,24,25,27).